The predicted molar refractivity (Wildman–Crippen MR) is 108 cm³/mol. The van der Waals surface area contributed by atoms with E-state index >= 15 is 0 Å². The molecular weight excluding hydrogens is 393 g/mol. The van der Waals surface area contributed by atoms with Gasteiger partial charge in [0, 0.05) is 23.4 Å². The third kappa shape index (κ3) is 4.02. The molecule has 0 bridgehead atoms. The highest BCUT2D eigenvalue weighted by molar-refractivity contribution is 7.99. The minimum Gasteiger partial charge on any atom is -0.452 e. The number of ether oxygens (including phenoxy) is 1. The van der Waals surface area contributed by atoms with Crippen molar-refractivity contribution >= 4 is 23.6 Å². The van der Waals surface area contributed by atoms with Crippen LogP contribution in [0.25, 0.3) is 11.3 Å². The highest BCUT2D eigenvalue weighted by atomic mass is 32.2. The zero-order chi connectivity index (χ0) is 20.2. The van der Waals surface area contributed by atoms with E-state index in [1.54, 1.807) is 23.1 Å². The number of aromatic nitrogens is 2. The van der Waals surface area contributed by atoms with E-state index in [0.717, 1.165) is 5.56 Å². The topological polar surface area (TPSA) is 75.3 Å². The van der Waals surface area contributed by atoms with Gasteiger partial charge in [-0.05, 0) is 6.07 Å². The summed E-state index contributed by atoms with van der Waals surface area (Å²) in [6.45, 7) is 0.0603. The molecule has 1 fully saturated rings. The Morgan fingerprint density at radius 2 is 1.93 bits per heavy atom. The molecule has 1 saturated heterocycles. The largest absolute Gasteiger partial charge is 0.452 e. The van der Waals surface area contributed by atoms with Gasteiger partial charge in [-0.2, -0.15) is 5.10 Å². The molecule has 0 spiro atoms. The Morgan fingerprint density at radius 1 is 1.17 bits per heavy atom. The molecule has 1 aliphatic rings. The molecule has 4 rings (SSSR count). The van der Waals surface area contributed by atoms with Crippen molar-refractivity contribution in [2.75, 3.05) is 18.9 Å². The van der Waals surface area contributed by atoms with E-state index in [2.05, 4.69) is 10.2 Å². The van der Waals surface area contributed by atoms with E-state index in [-0.39, 0.29) is 17.3 Å². The first-order valence-corrected chi connectivity index (χ1v) is 10.1. The molecule has 2 aromatic carbocycles. The summed E-state index contributed by atoms with van der Waals surface area (Å²) in [5, 5.41) is 6.29. The molecule has 148 valence electrons. The van der Waals surface area contributed by atoms with Crippen LogP contribution >= 0.6 is 11.8 Å². The molecule has 0 aliphatic carbocycles. The van der Waals surface area contributed by atoms with Crippen LogP contribution in [0.3, 0.4) is 0 Å². The first-order chi connectivity index (χ1) is 14.1. The lowest BCUT2D eigenvalue weighted by Gasteiger charge is -2.24. The third-order valence-corrected chi connectivity index (χ3v) is 5.87. The zero-order valence-corrected chi connectivity index (χ0v) is 16.2. The van der Waals surface area contributed by atoms with Crippen LogP contribution in [0.5, 0.6) is 0 Å². The average Bonchev–Trinajstić information content (AvgIpc) is 3.42. The van der Waals surface area contributed by atoms with Gasteiger partial charge in [0.25, 0.3) is 5.91 Å². The van der Waals surface area contributed by atoms with Crippen LogP contribution in [-0.2, 0) is 9.53 Å². The van der Waals surface area contributed by atoms with E-state index in [1.165, 1.54) is 24.0 Å². The molecular formula is C21H18FN3O3S. The van der Waals surface area contributed by atoms with Gasteiger partial charge in [-0.3, -0.25) is 9.89 Å². The summed E-state index contributed by atoms with van der Waals surface area (Å²) in [7, 11) is 0. The Hall–Kier alpha value is -3.13. The number of rotatable bonds is 5. The number of esters is 1. The van der Waals surface area contributed by atoms with Crippen molar-refractivity contribution in [1.29, 1.82) is 0 Å². The minimum atomic E-state index is -0.639. The Morgan fingerprint density at radius 3 is 2.72 bits per heavy atom. The zero-order valence-electron chi connectivity index (χ0n) is 15.4. The highest BCUT2D eigenvalue weighted by Gasteiger charge is 2.32. The standard InChI is InChI=1S/C21H18FN3O3S/c22-17-9-5-4-8-15(17)20-25(10-11-29-20)18(26)13-28-21(27)16-12-23-24-19(16)14-6-2-1-3-7-14/h1-9,12,20H,10-11,13H2,(H,23,24)/t20-/m1/s1. The number of hydrogen-bond acceptors (Lipinski definition) is 5. The molecule has 6 nitrogen and oxygen atoms in total. The Labute approximate surface area is 171 Å². The maximum absolute atomic E-state index is 14.1. The number of aromatic amines is 1. The maximum atomic E-state index is 14.1. The van der Waals surface area contributed by atoms with Gasteiger partial charge in [0.1, 0.15) is 16.8 Å². The van der Waals surface area contributed by atoms with Crippen molar-refractivity contribution in [3.05, 3.63) is 77.7 Å². The van der Waals surface area contributed by atoms with Crippen LogP contribution in [0.4, 0.5) is 4.39 Å². The second kappa shape index (κ2) is 8.48. The van der Waals surface area contributed by atoms with Crippen LogP contribution < -0.4 is 0 Å². The summed E-state index contributed by atoms with van der Waals surface area (Å²) in [4.78, 5) is 26.7. The van der Waals surface area contributed by atoms with Gasteiger partial charge in [0.15, 0.2) is 6.61 Å². The van der Waals surface area contributed by atoms with Crippen LogP contribution in [0.1, 0.15) is 21.3 Å². The first-order valence-electron chi connectivity index (χ1n) is 9.06. The van der Waals surface area contributed by atoms with Gasteiger partial charge in [0.05, 0.1) is 11.9 Å². The SMILES string of the molecule is O=C(OCC(=O)N1CCS[C@@H]1c1ccccc1F)c1cn[nH]c1-c1ccccc1. The number of thioether (sulfide) groups is 1. The van der Waals surface area contributed by atoms with Gasteiger partial charge in [-0.1, -0.05) is 48.5 Å². The number of H-pyrrole nitrogens is 1. The van der Waals surface area contributed by atoms with E-state index < -0.39 is 18.0 Å². The normalized spacial score (nSPS) is 16.0. The summed E-state index contributed by atoms with van der Waals surface area (Å²) in [5.41, 5.74) is 2.03. The summed E-state index contributed by atoms with van der Waals surface area (Å²) in [5.74, 6) is -0.660. The lowest BCUT2D eigenvalue weighted by atomic mass is 10.1. The molecule has 3 aromatic rings. The van der Waals surface area contributed by atoms with Crippen LogP contribution in [-0.4, -0.2) is 45.9 Å². The Balaban J connectivity index is 1.43. The quantitative estimate of drug-likeness (QED) is 0.649. The van der Waals surface area contributed by atoms with Crippen molar-refractivity contribution in [3.63, 3.8) is 0 Å². The van der Waals surface area contributed by atoms with Crippen molar-refractivity contribution in [2.45, 2.75) is 5.37 Å². The number of nitrogens with zero attached hydrogens (tertiary/aromatic N) is 2. The molecule has 2 heterocycles. The second-order valence-electron chi connectivity index (χ2n) is 6.43. The van der Waals surface area contributed by atoms with Gasteiger partial charge < -0.3 is 9.64 Å². The first kappa shape index (κ1) is 19.2. The minimum absolute atomic E-state index is 0.255. The average molecular weight is 411 g/mol. The van der Waals surface area contributed by atoms with E-state index in [1.807, 2.05) is 30.3 Å². The monoisotopic (exact) mass is 411 g/mol. The number of carbonyl (C=O) groups is 2. The lowest BCUT2D eigenvalue weighted by Crippen LogP contribution is -2.34. The lowest BCUT2D eigenvalue weighted by molar-refractivity contribution is -0.134. The summed E-state index contributed by atoms with van der Waals surface area (Å²) in [6.07, 6.45) is 1.38. The molecule has 29 heavy (non-hydrogen) atoms. The molecule has 1 amide bonds. The van der Waals surface area contributed by atoms with Crippen LogP contribution in [0, 0.1) is 5.82 Å². The number of halogens is 1. The van der Waals surface area contributed by atoms with Gasteiger partial charge in [-0.15, -0.1) is 11.8 Å². The predicted octanol–water partition coefficient (Wildman–Crippen LogP) is 3.65. The second-order valence-corrected chi connectivity index (χ2v) is 7.62. The highest BCUT2D eigenvalue weighted by Crippen LogP contribution is 2.38. The number of hydrogen-bond donors (Lipinski definition) is 1. The fourth-order valence-electron chi connectivity index (χ4n) is 3.21. The number of benzene rings is 2. The number of nitrogens with one attached hydrogen (secondary N) is 1. The molecule has 0 unspecified atom stereocenters. The third-order valence-electron chi connectivity index (χ3n) is 4.63. The molecule has 0 radical (unpaired) electrons. The maximum Gasteiger partial charge on any atom is 0.342 e. The molecule has 0 saturated carbocycles. The van der Waals surface area contributed by atoms with Crippen LogP contribution in [0.15, 0.2) is 60.8 Å². The van der Waals surface area contributed by atoms with E-state index in [9.17, 15) is 14.0 Å². The molecule has 1 N–H and O–H groups in total. The van der Waals surface area contributed by atoms with Crippen molar-refractivity contribution < 1.29 is 18.7 Å². The van der Waals surface area contributed by atoms with Crippen molar-refractivity contribution in [3.8, 4) is 11.3 Å². The molecule has 8 heteroatoms. The van der Waals surface area contributed by atoms with Crippen molar-refractivity contribution in [2.24, 2.45) is 0 Å². The summed E-state index contributed by atoms with van der Waals surface area (Å²) < 4.78 is 19.4. The molecule has 1 aromatic heterocycles. The Bertz CT molecular complexity index is 1020. The summed E-state index contributed by atoms with van der Waals surface area (Å²) in [6, 6.07) is 15.7. The van der Waals surface area contributed by atoms with Crippen molar-refractivity contribution in [1.82, 2.24) is 15.1 Å². The van der Waals surface area contributed by atoms with Gasteiger partial charge in [-0.25, -0.2) is 9.18 Å². The van der Waals surface area contributed by atoms with Crippen LogP contribution in [0.2, 0.25) is 0 Å². The number of carbonyl (C=O) groups excluding carboxylic acids is 2. The number of amides is 1. The van der Waals surface area contributed by atoms with Gasteiger partial charge >= 0.3 is 5.97 Å². The summed E-state index contributed by atoms with van der Waals surface area (Å²) >= 11 is 1.49. The fourth-order valence-corrected chi connectivity index (χ4v) is 4.51. The smallest absolute Gasteiger partial charge is 0.342 e. The fraction of sp³-hybridized carbons (Fsp3) is 0.190. The molecule has 1 atom stereocenters. The molecule has 1 aliphatic heterocycles. The van der Waals surface area contributed by atoms with Gasteiger partial charge in [0.2, 0.25) is 0 Å². The van der Waals surface area contributed by atoms with E-state index in [4.69, 9.17) is 4.74 Å². The Kier molecular flexibility index (Phi) is 5.62. The van der Waals surface area contributed by atoms with E-state index in [0.29, 0.717) is 23.6 Å².